The van der Waals surface area contributed by atoms with Crippen LogP contribution in [-0.2, 0) is 13.6 Å². The molecule has 0 fully saturated rings. The Kier molecular flexibility index (Phi) is 4.30. The minimum Gasteiger partial charge on any atom is -0.333 e. The second-order valence-electron chi connectivity index (χ2n) is 4.50. The van der Waals surface area contributed by atoms with Crippen molar-refractivity contribution in [3.8, 4) is 0 Å². The summed E-state index contributed by atoms with van der Waals surface area (Å²) in [6.07, 6.45) is 3.30. The molecule has 2 rings (SSSR count). The summed E-state index contributed by atoms with van der Waals surface area (Å²) < 4.78 is 1.44. The summed E-state index contributed by atoms with van der Waals surface area (Å²) >= 11 is 0. The highest BCUT2D eigenvalue weighted by Gasteiger charge is 2.15. The summed E-state index contributed by atoms with van der Waals surface area (Å²) in [7, 11) is 1.65. The molecule has 0 unspecified atom stereocenters. The fraction of sp³-hybridized carbons (Fsp3) is 0.267. The molecule has 104 valence electrons. The SMILES string of the molecule is CCN(Cc1ccccn1)C(=O)c1ccn(C)c(=O)c1. The third kappa shape index (κ3) is 3.12. The molecule has 0 N–H and O–H groups in total. The van der Waals surface area contributed by atoms with Gasteiger partial charge in [0.2, 0.25) is 0 Å². The van der Waals surface area contributed by atoms with Crippen LogP contribution in [0, 0.1) is 0 Å². The summed E-state index contributed by atoms with van der Waals surface area (Å²) in [6, 6.07) is 8.62. The largest absolute Gasteiger partial charge is 0.333 e. The van der Waals surface area contributed by atoms with Crippen LogP contribution in [0.5, 0.6) is 0 Å². The lowest BCUT2D eigenvalue weighted by atomic mass is 10.2. The third-order valence-electron chi connectivity index (χ3n) is 3.10. The number of nitrogens with zero attached hydrogens (tertiary/aromatic N) is 3. The van der Waals surface area contributed by atoms with Crippen molar-refractivity contribution in [1.82, 2.24) is 14.5 Å². The molecule has 0 aliphatic heterocycles. The third-order valence-corrected chi connectivity index (χ3v) is 3.10. The summed E-state index contributed by atoms with van der Waals surface area (Å²) in [6.45, 7) is 2.90. The Labute approximate surface area is 117 Å². The fourth-order valence-electron chi connectivity index (χ4n) is 1.88. The number of rotatable bonds is 4. The lowest BCUT2D eigenvalue weighted by Gasteiger charge is -2.20. The molecule has 0 aromatic carbocycles. The van der Waals surface area contributed by atoms with Crippen LogP contribution in [0.3, 0.4) is 0 Å². The van der Waals surface area contributed by atoms with E-state index in [2.05, 4.69) is 4.98 Å². The van der Waals surface area contributed by atoms with Crippen molar-refractivity contribution in [3.05, 3.63) is 64.3 Å². The van der Waals surface area contributed by atoms with Crippen molar-refractivity contribution in [2.45, 2.75) is 13.5 Å². The zero-order valence-corrected chi connectivity index (χ0v) is 11.6. The predicted octanol–water partition coefficient (Wildman–Crippen LogP) is 1.44. The maximum Gasteiger partial charge on any atom is 0.254 e. The molecule has 0 radical (unpaired) electrons. The Morgan fingerprint density at radius 2 is 2.15 bits per heavy atom. The van der Waals surface area contributed by atoms with Gasteiger partial charge in [-0.1, -0.05) is 6.07 Å². The minimum absolute atomic E-state index is 0.157. The second-order valence-corrected chi connectivity index (χ2v) is 4.50. The van der Waals surface area contributed by atoms with Gasteiger partial charge in [-0.2, -0.15) is 0 Å². The van der Waals surface area contributed by atoms with Gasteiger partial charge in [0.15, 0.2) is 0 Å². The van der Waals surface area contributed by atoms with E-state index in [-0.39, 0.29) is 11.5 Å². The van der Waals surface area contributed by atoms with E-state index in [1.54, 1.807) is 30.4 Å². The van der Waals surface area contributed by atoms with E-state index < -0.39 is 0 Å². The zero-order valence-electron chi connectivity index (χ0n) is 11.6. The van der Waals surface area contributed by atoms with Crippen molar-refractivity contribution >= 4 is 5.91 Å². The highest BCUT2D eigenvalue weighted by molar-refractivity contribution is 5.94. The van der Waals surface area contributed by atoms with Crippen molar-refractivity contribution < 1.29 is 4.79 Å². The molecule has 0 saturated heterocycles. The Morgan fingerprint density at radius 3 is 2.75 bits per heavy atom. The van der Waals surface area contributed by atoms with Crippen LogP contribution in [0.25, 0.3) is 0 Å². The van der Waals surface area contributed by atoms with Crippen LogP contribution in [0.1, 0.15) is 23.0 Å². The maximum absolute atomic E-state index is 12.4. The van der Waals surface area contributed by atoms with E-state index in [1.807, 2.05) is 25.1 Å². The number of hydrogen-bond donors (Lipinski definition) is 0. The molecule has 0 atom stereocenters. The molecule has 1 amide bonds. The first-order valence-corrected chi connectivity index (χ1v) is 6.47. The van der Waals surface area contributed by atoms with Crippen molar-refractivity contribution in [1.29, 1.82) is 0 Å². The maximum atomic E-state index is 12.4. The van der Waals surface area contributed by atoms with Crippen LogP contribution in [0.4, 0.5) is 0 Å². The molecule has 5 nitrogen and oxygen atoms in total. The molecule has 20 heavy (non-hydrogen) atoms. The Balaban J connectivity index is 2.20. The number of amides is 1. The van der Waals surface area contributed by atoms with Crippen molar-refractivity contribution in [3.63, 3.8) is 0 Å². The monoisotopic (exact) mass is 271 g/mol. The Hall–Kier alpha value is -2.43. The van der Waals surface area contributed by atoms with E-state index in [4.69, 9.17) is 0 Å². The quantitative estimate of drug-likeness (QED) is 0.845. The van der Waals surface area contributed by atoms with Gasteiger partial charge in [-0.15, -0.1) is 0 Å². The predicted molar refractivity (Wildman–Crippen MR) is 76.3 cm³/mol. The first-order chi connectivity index (χ1) is 9.61. The molecular weight excluding hydrogens is 254 g/mol. The molecule has 0 saturated carbocycles. The van der Waals surface area contributed by atoms with E-state index in [1.165, 1.54) is 10.6 Å². The van der Waals surface area contributed by atoms with E-state index in [9.17, 15) is 9.59 Å². The molecule has 5 heteroatoms. The molecule has 2 heterocycles. The molecular formula is C15H17N3O2. The number of carbonyl (C=O) groups is 1. The minimum atomic E-state index is -0.190. The number of aryl methyl sites for hydroxylation is 1. The lowest BCUT2D eigenvalue weighted by Crippen LogP contribution is -2.31. The summed E-state index contributed by atoms with van der Waals surface area (Å²) in [4.78, 5) is 29.9. The molecule has 2 aromatic heterocycles. The van der Waals surface area contributed by atoms with Crippen LogP contribution in [0.2, 0.25) is 0 Å². The van der Waals surface area contributed by atoms with Gasteiger partial charge in [-0.25, -0.2) is 0 Å². The fourth-order valence-corrected chi connectivity index (χ4v) is 1.88. The second kappa shape index (κ2) is 6.14. The topological polar surface area (TPSA) is 55.2 Å². The standard InChI is InChI=1S/C15H17N3O2/c1-3-18(11-13-6-4-5-8-16-13)15(20)12-7-9-17(2)14(19)10-12/h4-10H,3,11H2,1-2H3. The highest BCUT2D eigenvalue weighted by atomic mass is 16.2. The summed E-state index contributed by atoms with van der Waals surface area (Å²) in [5, 5.41) is 0. The smallest absolute Gasteiger partial charge is 0.254 e. The number of aromatic nitrogens is 2. The van der Waals surface area contributed by atoms with E-state index >= 15 is 0 Å². The van der Waals surface area contributed by atoms with Crippen molar-refractivity contribution in [2.24, 2.45) is 7.05 Å². The Morgan fingerprint density at radius 1 is 1.35 bits per heavy atom. The first-order valence-electron chi connectivity index (χ1n) is 6.47. The average Bonchev–Trinajstić information content (AvgIpc) is 2.48. The van der Waals surface area contributed by atoms with Crippen LogP contribution >= 0.6 is 0 Å². The van der Waals surface area contributed by atoms with Crippen LogP contribution in [-0.4, -0.2) is 26.9 Å². The van der Waals surface area contributed by atoms with Gasteiger partial charge in [0, 0.05) is 37.6 Å². The van der Waals surface area contributed by atoms with Crippen molar-refractivity contribution in [2.75, 3.05) is 6.54 Å². The summed E-state index contributed by atoms with van der Waals surface area (Å²) in [5.41, 5.74) is 1.04. The van der Waals surface area contributed by atoms with Gasteiger partial charge in [-0.3, -0.25) is 14.6 Å². The zero-order chi connectivity index (χ0) is 14.5. The van der Waals surface area contributed by atoms with E-state index in [0.29, 0.717) is 18.7 Å². The highest BCUT2D eigenvalue weighted by Crippen LogP contribution is 2.07. The van der Waals surface area contributed by atoms with Crippen LogP contribution < -0.4 is 5.56 Å². The molecule has 0 bridgehead atoms. The van der Waals surface area contributed by atoms with Crippen LogP contribution in [0.15, 0.2) is 47.5 Å². The molecule has 2 aromatic rings. The Bertz CT molecular complexity index is 650. The average molecular weight is 271 g/mol. The molecule has 0 spiro atoms. The summed E-state index contributed by atoms with van der Waals surface area (Å²) in [5.74, 6) is -0.157. The number of hydrogen-bond acceptors (Lipinski definition) is 3. The van der Waals surface area contributed by atoms with Gasteiger partial charge < -0.3 is 9.47 Å². The van der Waals surface area contributed by atoms with Gasteiger partial charge >= 0.3 is 0 Å². The van der Waals surface area contributed by atoms with Gasteiger partial charge in [0.05, 0.1) is 12.2 Å². The number of carbonyl (C=O) groups excluding carboxylic acids is 1. The molecule has 0 aliphatic carbocycles. The molecule has 0 aliphatic rings. The van der Waals surface area contributed by atoms with Gasteiger partial charge in [-0.05, 0) is 25.1 Å². The normalized spacial score (nSPS) is 10.3. The van der Waals surface area contributed by atoms with Gasteiger partial charge in [0.25, 0.3) is 11.5 Å². The van der Waals surface area contributed by atoms with E-state index in [0.717, 1.165) is 5.69 Å². The van der Waals surface area contributed by atoms with Gasteiger partial charge in [0.1, 0.15) is 0 Å². The first kappa shape index (κ1) is 14.0. The number of pyridine rings is 2. The lowest BCUT2D eigenvalue weighted by molar-refractivity contribution is 0.0750.